The van der Waals surface area contributed by atoms with Crippen LogP contribution in [0.3, 0.4) is 0 Å². The zero-order valence-corrected chi connectivity index (χ0v) is 19.0. The van der Waals surface area contributed by atoms with Crippen LogP contribution in [-0.2, 0) is 27.3 Å². The summed E-state index contributed by atoms with van der Waals surface area (Å²) in [7, 11) is 0. The molecular formula is C24H28N2O4S. The summed E-state index contributed by atoms with van der Waals surface area (Å²) in [5, 5.41) is 0. The van der Waals surface area contributed by atoms with Gasteiger partial charge < -0.3 is 14.2 Å². The third-order valence-electron chi connectivity index (χ3n) is 6.40. The first-order valence-corrected chi connectivity index (χ1v) is 11.7. The van der Waals surface area contributed by atoms with Crippen molar-refractivity contribution in [2.75, 3.05) is 12.4 Å². The van der Waals surface area contributed by atoms with E-state index in [1.165, 1.54) is 5.56 Å². The number of benzene rings is 1. The first-order valence-electron chi connectivity index (χ1n) is 10.7. The summed E-state index contributed by atoms with van der Waals surface area (Å²) in [4.78, 5) is 39.0. The minimum Gasteiger partial charge on any atom is -0.456 e. The van der Waals surface area contributed by atoms with Crippen LogP contribution < -0.4 is 0 Å². The minimum atomic E-state index is -0.601. The molecule has 6 nitrogen and oxygen atoms in total. The smallest absolute Gasteiger partial charge is 0.330 e. The van der Waals surface area contributed by atoms with Gasteiger partial charge >= 0.3 is 5.97 Å². The monoisotopic (exact) mass is 440 g/mol. The molecule has 2 aromatic rings. The molecule has 2 aliphatic heterocycles. The molecule has 0 saturated carbocycles. The van der Waals surface area contributed by atoms with E-state index in [1.54, 1.807) is 16.7 Å². The SMILES string of the molecule is Cc1cc(C(=O)COC(=O)[C@@H]2CS[C@@]3(C)CCC(=O)N23)c(C)n1CCc1ccccc1. The van der Waals surface area contributed by atoms with Gasteiger partial charge in [-0.2, -0.15) is 0 Å². The fraction of sp³-hybridized carbons (Fsp3) is 0.458. The highest BCUT2D eigenvalue weighted by Crippen LogP contribution is 2.47. The standard InChI is InChI=1S/C24H28N2O4S/c1-16-13-19(17(2)25(16)12-10-18-7-5-4-6-8-18)21(27)14-30-23(29)20-15-31-24(3)11-9-22(28)26(20)24/h4-8,13,20H,9-12,14-15H2,1-3H3/t20-,24-/m0/s1. The Balaban J connectivity index is 1.38. The Morgan fingerprint density at radius 3 is 2.71 bits per heavy atom. The van der Waals surface area contributed by atoms with E-state index in [2.05, 4.69) is 16.7 Å². The maximum absolute atomic E-state index is 12.8. The van der Waals surface area contributed by atoms with Crippen molar-refractivity contribution in [1.82, 2.24) is 9.47 Å². The summed E-state index contributed by atoms with van der Waals surface area (Å²) >= 11 is 1.61. The number of amides is 1. The lowest BCUT2D eigenvalue weighted by Gasteiger charge is -2.29. The summed E-state index contributed by atoms with van der Waals surface area (Å²) < 4.78 is 7.50. The lowest BCUT2D eigenvalue weighted by molar-refractivity contribution is -0.152. The molecule has 2 saturated heterocycles. The van der Waals surface area contributed by atoms with Crippen molar-refractivity contribution in [3.05, 3.63) is 58.9 Å². The number of Topliss-reactive ketones (excluding diaryl/α,β-unsaturated/α-hetero) is 1. The molecule has 3 heterocycles. The molecule has 2 atom stereocenters. The maximum Gasteiger partial charge on any atom is 0.330 e. The van der Waals surface area contributed by atoms with Gasteiger partial charge in [0.1, 0.15) is 6.04 Å². The fourth-order valence-corrected chi connectivity index (χ4v) is 6.04. The predicted molar refractivity (Wildman–Crippen MR) is 120 cm³/mol. The van der Waals surface area contributed by atoms with Crippen molar-refractivity contribution in [2.24, 2.45) is 0 Å². The molecule has 0 spiro atoms. The van der Waals surface area contributed by atoms with Gasteiger partial charge in [-0.3, -0.25) is 9.59 Å². The highest BCUT2D eigenvalue weighted by molar-refractivity contribution is 8.01. The van der Waals surface area contributed by atoms with Crippen molar-refractivity contribution in [1.29, 1.82) is 0 Å². The number of aryl methyl sites for hydroxylation is 2. The molecule has 7 heteroatoms. The summed E-state index contributed by atoms with van der Waals surface area (Å²) in [5.41, 5.74) is 3.72. The van der Waals surface area contributed by atoms with Crippen molar-refractivity contribution >= 4 is 29.4 Å². The van der Waals surface area contributed by atoms with E-state index >= 15 is 0 Å². The van der Waals surface area contributed by atoms with Crippen LogP contribution in [-0.4, -0.2) is 50.4 Å². The topological polar surface area (TPSA) is 68.6 Å². The van der Waals surface area contributed by atoms with E-state index in [1.807, 2.05) is 45.0 Å². The van der Waals surface area contributed by atoms with Crippen molar-refractivity contribution in [3.8, 4) is 0 Å². The maximum atomic E-state index is 12.8. The number of nitrogens with zero attached hydrogens (tertiary/aromatic N) is 2. The number of rotatable bonds is 7. The van der Waals surface area contributed by atoms with Gasteiger partial charge in [-0.15, -0.1) is 11.8 Å². The van der Waals surface area contributed by atoms with Gasteiger partial charge in [-0.25, -0.2) is 4.79 Å². The molecule has 1 aromatic carbocycles. The second-order valence-electron chi connectivity index (χ2n) is 8.47. The number of thioether (sulfide) groups is 1. The molecule has 0 bridgehead atoms. The molecule has 0 N–H and O–H groups in total. The molecule has 0 unspecified atom stereocenters. The minimum absolute atomic E-state index is 0.0114. The van der Waals surface area contributed by atoms with E-state index in [9.17, 15) is 14.4 Å². The van der Waals surface area contributed by atoms with Gasteiger partial charge in [0.25, 0.3) is 0 Å². The molecule has 4 rings (SSSR count). The van der Waals surface area contributed by atoms with Crippen LogP contribution in [0.1, 0.15) is 47.1 Å². The summed E-state index contributed by atoms with van der Waals surface area (Å²) in [6, 6.07) is 11.5. The van der Waals surface area contributed by atoms with Crippen LogP contribution in [0.25, 0.3) is 0 Å². The number of carbonyl (C=O) groups excluding carboxylic acids is 3. The van der Waals surface area contributed by atoms with Crippen molar-refractivity contribution in [3.63, 3.8) is 0 Å². The summed E-state index contributed by atoms with van der Waals surface area (Å²) in [6.07, 6.45) is 2.08. The average molecular weight is 441 g/mol. The molecule has 2 fully saturated rings. The van der Waals surface area contributed by atoms with Gasteiger partial charge in [0.05, 0.1) is 4.87 Å². The highest BCUT2D eigenvalue weighted by atomic mass is 32.2. The van der Waals surface area contributed by atoms with Crippen LogP contribution in [0.4, 0.5) is 0 Å². The second-order valence-corrected chi connectivity index (χ2v) is 9.97. The van der Waals surface area contributed by atoms with Gasteiger partial charge in [-0.1, -0.05) is 30.3 Å². The van der Waals surface area contributed by atoms with E-state index in [-0.39, 0.29) is 23.2 Å². The number of hydrogen-bond donors (Lipinski definition) is 0. The van der Waals surface area contributed by atoms with Crippen LogP contribution in [0, 0.1) is 13.8 Å². The van der Waals surface area contributed by atoms with E-state index in [0.717, 1.165) is 30.8 Å². The lowest BCUT2D eigenvalue weighted by Crippen LogP contribution is -2.46. The number of hydrogen-bond acceptors (Lipinski definition) is 5. The quantitative estimate of drug-likeness (QED) is 0.487. The zero-order chi connectivity index (χ0) is 22.2. The Morgan fingerprint density at radius 1 is 1.23 bits per heavy atom. The predicted octanol–water partition coefficient (Wildman–Crippen LogP) is 3.53. The Labute approximate surface area is 186 Å². The number of ether oxygens (including phenoxy) is 1. The van der Waals surface area contributed by atoms with E-state index in [4.69, 9.17) is 4.74 Å². The van der Waals surface area contributed by atoms with Crippen LogP contribution >= 0.6 is 11.8 Å². The normalized spacial score (nSPS) is 22.6. The molecule has 0 radical (unpaired) electrons. The first kappa shape index (κ1) is 21.7. The Kier molecular flexibility index (Phi) is 5.97. The largest absolute Gasteiger partial charge is 0.456 e. The summed E-state index contributed by atoms with van der Waals surface area (Å²) in [5.74, 6) is -0.197. The summed E-state index contributed by atoms with van der Waals surface area (Å²) in [6.45, 7) is 6.38. The van der Waals surface area contributed by atoms with Gasteiger partial charge in [0, 0.05) is 35.7 Å². The molecule has 1 aromatic heterocycles. The van der Waals surface area contributed by atoms with Crippen LogP contribution in [0.15, 0.2) is 36.4 Å². The van der Waals surface area contributed by atoms with Gasteiger partial charge in [-0.05, 0) is 45.2 Å². The lowest BCUT2D eigenvalue weighted by atomic mass is 10.1. The number of fused-ring (bicyclic) bond motifs is 1. The number of carbonyl (C=O) groups is 3. The molecule has 1 amide bonds. The average Bonchev–Trinajstić information content (AvgIpc) is 3.36. The number of ketones is 1. The fourth-order valence-electron chi connectivity index (χ4n) is 4.62. The Hall–Kier alpha value is -2.54. The molecule has 2 aliphatic rings. The number of esters is 1. The molecular weight excluding hydrogens is 412 g/mol. The molecule has 31 heavy (non-hydrogen) atoms. The molecule has 164 valence electrons. The van der Waals surface area contributed by atoms with E-state index in [0.29, 0.717) is 17.7 Å². The van der Waals surface area contributed by atoms with Crippen LogP contribution in [0.5, 0.6) is 0 Å². The van der Waals surface area contributed by atoms with Crippen molar-refractivity contribution in [2.45, 2.75) is 57.5 Å². The Bertz CT molecular complexity index is 1020. The van der Waals surface area contributed by atoms with Crippen LogP contribution in [0.2, 0.25) is 0 Å². The third kappa shape index (κ3) is 4.15. The second kappa shape index (κ2) is 8.54. The Morgan fingerprint density at radius 2 is 1.97 bits per heavy atom. The number of aromatic nitrogens is 1. The van der Waals surface area contributed by atoms with E-state index < -0.39 is 12.0 Å². The molecule has 0 aliphatic carbocycles. The zero-order valence-electron chi connectivity index (χ0n) is 18.2. The first-order chi connectivity index (χ1) is 14.8. The van der Waals surface area contributed by atoms with Gasteiger partial charge in [0.15, 0.2) is 6.61 Å². The van der Waals surface area contributed by atoms with Crippen molar-refractivity contribution < 1.29 is 19.1 Å². The highest BCUT2D eigenvalue weighted by Gasteiger charge is 2.53. The third-order valence-corrected chi connectivity index (χ3v) is 7.91. The van der Waals surface area contributed by atoms with Gasteiger partial charge in [0.2, 0.25) is 11.7 Å².